The van der Waals surface area contributed by atoms with Gasteiger partial charge in [0.25, 0.3) is 0 Å². The van der Waals surface area contributed by atoms with Gasteiger partial charge in [-0.1, -0.05) is 0 Å². The number of ether oxygens (including phenoxy) is 2. The molecule has 0 amide bonds. The Morgan fingerprint density at radius 2 is 2.33 bits per heavy atom. The van der Waals surface area contributed by atoms with E-state index in [0.717, 1.165) is 25.4 Å². The van der Waals surface area contributed by atoms with E-state index in [-0.39, 0.29) is 0 Å². The zero-order valence-electron chi connectivity index (χ0n) is 11.1. The summed E-state index contributed by atoms with van der Waals surface area (Å²) >= 11 is 0. The average molecular weight is 251 g/mol. The molecule has 0 radical (unpaired) electrons. The van der Waals surface area contributed by atoms with Crippen LogP contribution in [0.5, 0.6) is 5.88 Å². The molecule has 1 fully saturated rings. The van der Waals surface area contributed by atoms with E-state index < -0.39 is 0 Å². The molecule has 100 valence electrons. The standard InChI is InChI=1S/C13H21N3O2/c1-10-15-12(9-13(16-10)17-2)14-7-6-11-5-3-4-8-18-11/h9,11H,3-8H2,1-2H3,(H,14,15,16). The topological polar surface area (TPSA) is 56.3 Å². The van der Waals surface area contributed by atoms with Gasteiger partial charge < -0.3 is 14.8 Å². The van der Waals surface area contributed by atoms with E-state index >= 15 is 0 Å². The summed E-state index contributed by atoms with van der Waals surface area (Å²) in [6.07, 6.45) is 5.08. The van der Waals surface area contributed by atoms with E-state index in [9.17, 15) is 0 Å². The number of nitrogens with one attached hydrogen (secondary N) is 1. The minimum absolute atomic E-state index is 0.399. The Morgan fingerprint density at radius 3 is 3.06 bits per heavy atom. The molecular weight excluding hydrogens is 230 g/mol. The number of hydrogen-bond acceptors (Lipinski definition) is 5. The minimum Gasteiger partial charge on any atom is -0.481 e. The minimum atomic E-state index is 0.399. The fourth-order valence-electron chi connectivity index (χ4n) is 2.13. The molecule has 1 atom stereocenters. The Hall–Kier alpha value is -1.36. The van der Waals surface area contributed by atoms with Crippen molar-refractivity contribution in [2.24, 2.45) is 0 Å². The van der Waals surface area contributed by atoms with Gasteiger partial charge in [-0.25, -0.2) is 4.98 Å². The van der Waals surface area contributed by atoms with E-state index in [4.69, 9.17) is 9.47 Å². The number of aryl methyl sites for hydroxylation is 1. The van der Waals surface area contributed by atoms with Gasteiger partial charge in [-0.3, -0.25) is 0 Å². The maximum atomic E-state index is 5.69. The summed E-state index contributed by atoms with van der Waals surface area (Å²) in [7, 11) is 1.61. The van der Waals surface area contributed by atoms with Crippen LogP contribution in [0.1, 0.15) is 31.5 Å². The predicted octanol–water partition coefficient (Wildman–Crippen LogP) is 2.16. The highest BCUT2D eigenvalue weighted by atomic mass is 16.5. The first-order chi connectivity index (χ1) is 8.78. The molecule has 1 aliphatic rings. The lowest BCUT2D eigenvalue weighted by Gasteiger charge is -2.22. The van der Waals surface area contributed by atoms with Crippen LogP contribution in [0.2, 0.25) is 0 Å². The number of hydrogen-bond donors (Lipinski definition) is 1. The monoisotopic (exact) mass is 251 g/mol. The molecule has 2 rings (SSSR count). The highest BCUT2D eigenvalue weighted by Crippen LogP contribution is 2.16. The van der Waals surface area contributed by atoms with Crippen LogP contribution in [0.3, 0.4) is 0 Å². The molecule has 1 aromatic heterocycles. The highest BCUT2D eigenvalue weighted by molar-refractivity contribution is 5.38. The lowest BCUT2D eigenvalue weighted by molar-refractivity contribution is 0.0134. The van der Waals surface area contributed by atoms with Gasteiger partial charge in [0, 0.05) is 19.2 Å². The highest BCUT2D eigenvalue weighted by Gasteiger charge is 2.13. The van der Waals surface area contributed by atoms with E-state index in [1.807, 2.05) is 13.0 Å². The molecule has 1 unspecified atom stereocenters. The van der Waals surface area contributed by atoms with Crippen molar-refractivity contribution in [1.82, 2.24) is 9.97 Å². The van der Waals surface area contributed by atoms with Crippen molar-refractivity contribution in [3.63, 3.8) is 0 Å². The quantitative estimate of drug-likeness (QED) is 0.869. The largest absolute Gasteiger partial charge is 0.481 e. The van der Waals surface area contributed by atoms with Gasteiger partial charge in [-0.05, 0) is 32.6 Å². The number of methoxy groups -OCH3 is 1. The molecule has 0 saturated carbocycles. The van der Waals surface area contributed by atoms with Gasteiger partial charge in [0.2, 0.25) is 5.88 Å². The molecule has 1 saturated heterocycles. The zero-order chi connectivity index (χ0) is 12.8. The van der Waals surface area contributed by atoms with E-state index in [2.05, 4.69) is 15.3 Å². The van der Waals surface area contributed by atoms with Gasteiger partial charge in [0.05, 0.1) is 13.2 Å². The van der Waals surface area contributed by atoms with E-state index in [0.29, 0.717) is 17.8 Å². The first kappa shape index (κ1) is 13.1. The van der Waals surface area contributed by atoms with Crippen molar-refractivity contribution in [2.45, 2.75) is 38.7 Å². The Morgan fingerprint density at radius 1 is 1.44 bits per heavy atom. The fourth-order valence-corrected chi connectivity index (χ4v) is 2.13. The Balaban J connectivity index is 1.80. The van der Waals surface area contributed by atoms with Gasteiger partial charge in [0.15, 0.2) is 0 Å². The summed E-state index contributed by atoms with van der Waals surface area (Å²) in [6, 6.07) is 1.81. The molecule has 0 aromatic carbocycles. The molecule has 5 heteroatoms. The van der Waals surface area contributed by atoms with Crippen LogP contribution in [0.15, 0.2) is 6.07 Å². The lowest BCUT2D eigenvalue weighted by atomic mass is 10.1. The second-order valence-electron chi connectivity index (χ2n) is 4.55. The van der Waals surface area contributed by atoms with Crippen LogP contribution in [-0.2, 0) is 4.74 Å². The summed E-state index contributed by atoms with van der Waals surface area (Å²) in [4.78, 5) is 8.47. The van der Waals surface area contributed by atoms with Gasteiger partial charge in [-0.15, -0.1) is 0 Å². The smallest absolute Gasteiger partial charge is 0.218 e. The molecular formula is C13H21N3O2. The molecule has 1 aliphatic heterocycles. The molecule has 1 aromatic rings. The maximum Gasteiger partial charge on any atom is 0.218 e. The van der Waals surface area contributed by atoms with Crippen LogP contribution < -0.4 is 10.1 Å². The molecule has 18 heavy (non-hydrogen) atoms. The fraction of sp³-hybridized carbons (Fsp3) is 0.692. The van der Waals surface area contributed by atoms with Crippen molar-refractivity contribution in [3.05, 3.63) is 11.9 Å². The SMILES string of the molecule is COc1cc(NCCC2CCCCO2)nc(C)n1. The van der Waals surface area contributed by atoms with E-state index in [1.165, 1.54) is 19.3 Å². The van der Waals surface area contributed by atoms with Gasteiger partial charge in [-0.2, -0.15) is 4.98 Å². The molecule has 5 nitrogen and oxygen atoms in total. The van der Waals surface area contributed by atoms with Crippen molar-refractivity contribution < 1.29 is 9.47 Å². The first-order valence-electron chi connectivity index (χ1n) is 6.53. The number of nitrogens with zero attached hydrogens (tertiary/aromatic N) is 2. The lowest BCUT2D eigenvalue weighted by Crippen LogP contribution is -2.22. The van der Waals surface area contributed by atoms with Crippen molar-refractivity contribution >= 4 is 5.82 Å². The third-order valence-electron chi connectivity index (χ3n) is 3.07. The zero-order valence-corrected chi connectivity index (χ0v) is 11.1. The number of anilines is 1. The Kier molecular flexibility index (Phi) is 4.75. The number of aromatic nitrogens is 2. The summed E-state index contributed by atoms with van der Waals surface area (Å²) in [5.74, 6) is 2.12. The summed E-state index contributed by atoms with van der Waals surface area (Å²) in [5, 5.41) is 3.30. The molecule has 0 bridgehead atoms. The normalized spacial score (nSPS) is 19.6. The van der Waals surface area contributed by atoms with Crippen LogP contribution in [0.25, 0.3) is 0 Å². The molecule has 2 heterocycles. The predicted molar refractivity (Wildman–Crippen MR) is 70.0 cm³/mol. The van der Waals surface area contributed by atoms with Gasteiger partial charge >= 0.3 is 0 Å². The Bertz CT molecular complexity index is 378. The van der Waals surface area contributed by atoms with Gasteiger partial charge in [0.1, 0.15) is 11.6 Å². The second-order valence-corrected chi connectivity index (χ2v) is 4.55. The summed E-state index contributed by atoms with van der Waals surface area (Å²) < 4.78 is 10.8. The maximum absolute atomic E-state index is 5.69. The van der Waals surface area contributed by atoms with Crippen molar-refractivity contribution in [3.8, 4) is 5.88 Å². The second kappa shape index (κ2) is 6.54. The first-order valence-corrected chi connectivity index (χ1v) is 6.53. The third kappa shape index (κ3) is 3.84. The average Bonchev–Trinajstić information content (AvgIpc) is 2.39. The number of rotatable bonds is 5. The van der Waals surface area contributed by atoms with Crippen LogP contribution in [0.4, 0.5) is 5.82 Å². The van der Waals surface area contributed by atoms with Crippen molar-refractivity contribution in [1.29, 1.82) is 0 Å². The summed E-state index contributed by atoms with van der Waals surface area (Å²) in [5.41, 5.74) is 0. The Labute approximate surface area is 108 Å². The third-order valence-corrected chi connectivity index (χ3v) is 3.07. The van der Waals surface area contributed by atoms with E-state index in [1.54, 1.807) is 7.11 Å². The van der Waals surface area contributed by atoms with Crippen LogP contribution >= 0.6 is 0 Å². The van der Waals surface area contributed by atoms with Crippen LogP contribution in [0, 0.1) is 6.92 Å². The van der Waals surface area contributed by atoms with Crippen molar-refractivity contribution in [2.75, 3.05) is 25.6 Å². The summed E-state index contributed by atoms with van der Waals surface area (Å²) in [6.45, 7) is 3.63. The molecule has 0 spiro atoms. The molecule has 0 aliphatic carbocycles. The molecule has 1 N–H and O–H groups in total. The van der Waals surface area contributed by atoms with Crippen LogP contribution in [-0.4, -0.2) is 36.3 Å².